The summed E-state index contributed by atoms with van der Waals surface area (Å²) in [6.07, 6.45) is 0. The van der Waals surface area contributed by atoms with E-state index in [0.717, 1.165) is 32.9 Å². The third kappa shape index (κ3) is 5.39. The van der Waals surface area contributed by atoms with E-state index < -0.39 is 0 Å². The molecule has 6 nitrogen and oxygen atoms in total. The third-order valence-corrected chi connectivity index (χ3v) is 6.37. The van der Waals surface area contributed by atoms with Gasteiger partial charge in [0.25, 0.3) is 0 Å². The molecule has 3 rings (SSSR count). The second kappa shape index (κ2) is 9.93. The Hall–Kier alpha value is -2.32. The predicted octanol–water partition coefficient (Wildman–Crippen LogP) is 4.99. The van der Waals surface area contributed by atoms with Gasteiger partial charge in [0.1, 0.15) is 12.4 Å². The molecule has 0 saturated heterocycles. The molecular weight excluding hydrogens is 452 g/mol. The van der Waals surface area contributed by atoms with Crippen LogP contribution in [0.4, 0.5) is 5.69 Å². The van der Waals surface area contributed by atoms with Gasteiger partial charge in [-0.05, 0) is 56.2 Å². The van der Waals surface area contributed by atoms with Crippen molar-refractivity contribution in [2.45, 2.75) is 39.1 Å². The third-order valence-electron chi connectivity index (χ3n) is 4.55. The van der Waals surface area contributed by atoms with Gasteiger partial charge in [-0.25, -0.2) is 0 Å². The van der Waals surface area contributed by atoms with E-state index in [1.807, 2.05) is 67.8 Å². The zero-order valence-corrected chi connectivity index (χ0v) is 19.0. The van der Waals surface area contributed by atoms with Crippen LogP contribution in [0.5, 0.6) is 5.75 Å². The number of nitrogens with zero attached hydrogens (tertiary/aromatic N) is 3. The molecule has 1 N–H and O–H groups in total. The smallest absolute Gasteiger partial charge is 0.234 e. The maximum atomic E-state index is 12.4. The number of carbonyl (C=O) groups excluding carboxylic acids is 1. The van der Waals surface area contributed by atoms with Gasteiger partial charge in [-0.3, -0.25) is 4.79 Å². The molecule has 3 aromatic rings. The van der Waals surface area contributed by atoms with Crippen molar-refractivity contribution >= 4 is 39.3 Å². The fourth-order valence-electron chi connectivity index (χ4n) is 2.75. The number of rotatable bonds is 8. The Bertz CT molecular complexity index is 992. The van der Waals surface area contributed by atoms with Crippen LogP contribution in [-0.2, 0) is 17.9 Å². The quantitative estimate of drug-likeness (QED) is 0.465. The van der Waals surface area contributed by atoms with Crippen molar-refractivity contribution in [3.8, 4) is 5.75 Å². The van der Waals surface area contributed by atoms with Crippen molar-refractivity contribution in [1.29, 1.82) is 0 Å². The highest BCUT2D eigenvalue weighted by atomic mass is 79.9. The Labute approximate surface area is 183 Å². The Morgan fingerprint density at radius 2 is 1.90 bits per heavy atom. The molecule has 0 fully saturated rings. The first-order valence-electron chi connectivity index (χ1n) is 9.27. The number of anilines is 1. The summed E-state index contributed by atoms with van der Waals surface area (Å²) >= 11 is 4.88. The van der Waals surface area contributed by atoms with Crippen LogP contribution < -0.4 is 10.1 Å². The van der Waals surface area contributed by atoms with Crippen LogP contribution in [0.1, 0.15) is 23.9 Å². The van der Waals surface area contributed by atoms with E-state index in [4.69, 9.17) is 4.74 Å². The normalized spacial score (nSPS) is 10.8. The molecule has 0 spiro atoms. The van der Waals surface area contributed by atoms with Crippen LogP contribution in [0.15, 0.2) is 52.1 Å². The molecular formula is C21H23BrN4O2S. The van der Waals surface area contributed by atoms with Crippen molar-refractivity contribution in [2.24, 2.45) is 0 Å². The first kappa shape index (κ1) is 21.4. The molecule has 8 heteroatoms. The number of nitrogens with one attached hydrogen (secondary N) is 1. The zero-order valence-electron chi connectivity index (χ0n) is 16.6. The Morgan fingerprint density at radius 3 is 2.62 bits per heavy atom. The van der Waals surface area contributed by atoms with Crippen molar-refractivity contribution in [2.75, 3.05) is 11.1 Å². The molecule has 0 saturated carbocycles. The molecule has 1 heterocycles. The van der Waals surface area contributed by atoms with E-state index in [9.17, 15) is 4.79 Å². The average molecular weight is 475 g/mol. The molecule has 0 bridgehead atoms. The standard InChI is InChI=1S/C21H23BrN4O2S/c1-4-26-19(12-28-16-8-6-5-7-9-16)24-25-21(26)29-13-20(27)23-18-11-10-17(22)14(2)15(18)3/h5-11H,4,12-13H2,1-3H3,(H,23,27). The summed E-state index contributed by atoms with van der Waals surface area (Å²) in [5.41, 5.74) is 2.99. The number of halogens is 1. The maximum absolute atomic E-state index is 12.4. The SMILES string of the molecule is CCn1c(COc2ccccc2)nnc1SCC(=O)Nc1ccc(Br)c(C)c1C. The van der Waals surface area contributed by atoms with Gasteiger partial charge >= 0.3 is 0 Å². The van der Waals surface area contributed by atoms with Gasteiger partial charge in [0.15, 0.2) is 11.0 Å². The number of amides is 1. The Balaban J connectivity index is 1.59. The Kier molecular flexibility index (Phi) is 7.33. The second-order valence-electron chi connectivity index (χ2n) is 6.43. The molecule has 0 unspecified atom stereocenters. The van der Waals surface area contributed by atoms with Crippen LogP contribution in [0.25, 0.3) is 0 Å². The lowest BCUT2D eigenvalue weighted by Crippen LogP contribution is -2.16. The van der Waals surface area contributed by atoms with E-state index in [1.165, 1.54) is 11.8 Å². The topological polar surface area (TPSA) is 69.0 Å². The number of thioether (sulfide) groups is 1. The number of carbonyl (C=O) groups is 1. The van der Waals surface area contributed by atoms with Crippen molar-refractivity contribution in [1.82, 2.24) is 14.8 Å². The number of ether oxygens (including phenoxy) is 1. The van der Waals surface area contributed by atoms with E-state index in [-0.39, 0.29) is 11.7 Å². The summed E-state index contributed by atoms with van der Waals surface area (Å²) in [5, 5.41) is 12.1. The van der Waals surface area contributed by atoms with Gasteiger partial charge in [0, 0.05) is 16.7 Å². The molecule has 0 aliphatic rings. The van der Waals surface area contributed by atoms with Crippen molar-refractivity contribution in [3.05, 3.63) is 63.9 Å². The second-order valence-corrected chi connectivity index (χ2v) is 8.22. The van der Waals surface area contributed by atoms with E-state index >= 15 is 0 Å². The lowest BCUT2D eigenvalue weighted by atomic mass is 10.1. The van der Waals surface area contributed by atoms with Gasteiger partial charge in [-0.1, -0.05) is 45.9 Å². The van der Waals surface area contributed by atoms with Gasteiger partial charge in [0.05, 0.1) is 5.75 Å². The largest absolute Gasteiger partial charge is 0.486 e. The molecule has 152 valence electrons. The number of benzene rings is 2. The molecule has 0 aliphatic carbocycles. The number of hydrogen-bond donors (Lipinski definition) is 1. The summed E-state index contributed by atoms with van der Waals surface area (Å²) in [6.45, 7) is 7.07. The van der Waals surface area contributed by atoms with Crippen LogP contribution in [0.3, 0.4) is 0 Å². The minimum Gasteiger partial charge on any atom is -0.486 e. The van der Waals surface area contributed by atoms with E-state index in [0.29, 0.717) is 18.3 Å². The van der Waals surface area contributed by atoms with Crippen molar-refractivity contribution in [3.63, 3.8) is 0 Å². The molecule has 0 radical (unpaired) electrons. The van der Waals surface area contributed by atoms with Gasteiger partial charge in [0.2, 0.25) is 5.91 Å². The molecule has 1 amide bonds. The van der Waals surface area contributed by atoms with Crippen molar-refractivity contribution < 1.29 is 9.53 Å². The average Bonchev–Trinajstić information content (AvgIpc) is 3.13. The predicted molar refractivity (Wildman–Crippen MR) is 119 cm³/mol. The van der Waals surface area contributed by atoms with Gasteiger partial charge < -0.3 is 14.6 Å². The van der Waals surface area contributed by atoms with Gasteiger partial charge in [-0.2, -0.15) is 0 Å². The fourth-order valence-corrected chi connectivity index (χ4v) is 4.01. The maximum Gasteiger partial charge on any atom is 0.234 e. The van der Waals surface area contributed by atoms with E-state index in [2.05, 4.69) is 31.4 Å². The summed E-state index contributed by atoms with van der Waals surface area (Å²) in [6, 6.07) is 13.4. The van der Waals surface area contributed by atoms with Crippen LogP contribution in [0, 0.1) is 13.8 Å². The highest BCUT2D eigenvalue weighted by Gasteiger charge is 2.14. The van der Waals surface area contributed by atoms with Gasteiger partial charge in [-0.15, -0.1) is 10.2 Å². The monoisotopic (exact) mass is 474 g/mol. The minimum atomic E-state index is -0.0763. The molecule has 29 heavy (non-hydrogen) atoms. The van der Waals surface area contributed by atoms with Crippen LogP contribution in [-0.4, -0.2) is 26.4 Å². The lowest BCUT2D eigenvalue weighted by Gasteiger charge is -2.12. The summed E-state index contributed by atoms with van der Waals surface area (Å²) in [5.74, 6) is 1.70. The highest BCUT2D eigenvalue weighted by molar-refractivity contribution is 9.10. The zero-order chi connectivity index (χ0) is 20.8. The molecule has 0 atom stereocenters. The summed E-state index contributed by atoms with van der Waals surface area (Å²) < 4.78 is 8.77. The molecule has 1 aromatic heterocycles. The highest BCUT2D eigenvalue weighted by Crippen LogP contribution is 2.26. The molecule has 0 aliphatic heterocycles. The number of aromatic nitrogens is 3. The van der Waals surface area contributed by atoms with Crippen LogP contribution >= 0.6 is 27.7 Å². The first-order chi connectivity index (χ1) is 14.0. The molecule has 2 aromatic carbocycles. The summed E-state index contributed by atoms with van der Waals surface area (Å²) in [7, 11) is 0. The summed E-state index contributed by atoms with van der Waals surface area (Å²) in [4.78, 5) is 12.4. The first-order valence-corrected chi connectivity index (χ1v) is 11.1. The lowest BCUT2D eigenvalue weighted by molar-refractivity contribution is -0.113. The van der Waals surface area contributed by atoms with E-state index in [1.54, 1.807) is 0 Å². The number of hydrogen-bond acceptors (Lipinski definition) is 5. The van der Waals surface area contributed by atoms with Crippen LogP contribution in [0.2, 0.25) is 0 Å². The fraction of sp³-hybridized carbons (Fsp3) is 0.286. The number of para-hydroxylation sites is 1. The minimum absolute atomic E-state index is 0.0763. The Morgan fingerprint density at radius 1 is 1.14 bits per heavy atom.